The van der Waals surface area contributed by atoms with Crippen molar-refractivity contribution >= 4 is 5.82 Å². The largest absolute Gasteiger partial charge is 0.416 e. The summed E-state index contributed by atoms with van der Waals surface area (Å²) in [5.41, 5.74) is 1.50. The number of benzene rings is 1. The van der Waals surface area contributed by atoms with Crippen LogP contribution in [0.3, 0.4) is 0 Å². The Morgan fingerprint density at radius 1 is 1.07 bits per heavy atom. The van der Waals surface area contributed by atoms with Crippen LogP contribution in [0.2, 0.25) is 0 Å². The van der Waals surface area contributed by atoms with E-state index in [0.717, 1.165) is 17.3 Å². The topological polar surface area (TPSA) is 53.9 Å². The molecule has 8 heteroatoms. The van der Waals surface area contributed by atoms with Gasteiger partial charge in [0.2, 0.25) is 0 Å². The maximum atomic E-state index is 13.1. The van der Waals surface area contributed by atoms with Gasteiger partial charge in [-0.3, -0.25) is 4.98 Å². The number of pyridine rings is 1. The minimum absolute atomic E-state index is 0.269. The van der Waals surface area contributed by atoms with Gasteiger partial charge in [0, 0.05) is 36.3 Å². The van der Waals surface area contributed by atoms with Gasteiger partial charge in [0.1, 0.15) is 5.82 Å². The number of alkyl halides is 3. The van der Waals surface area contributed by atoms with Gasteiger partial charge in [0.25, 0.3) is 0 Å². The molecule has 3 aromatic rings. The Labute approximate surface area is 167 Å². The molecule has 0 radical (unpaired) electrons. The van der Waals surface area contributed by atoms with Crippen LogP contribution < -0.4 is 5.32 Å². The first-order valence-electron chi connectivity index (χ1n) is 9.07. The summed E-state index contributed by atoms with van der Waals surface area (Å²) >= 11 is 0. The molecular formula is C21H22F3N5. The standard InChI is InChI=1S/C21H22F3N5/c1-14-10-19(28-20(27-14)16-7-5-9-25-12-16)26-13-18(29(2)3)15-6-4-8-17(11-15)21(22,23)24/h4-12,18H,13H2,1-3H3,(H,26,27,28). The fourth-order valence-corrected chi connectivity index (χ4v) is 3.01. The number of aromatic nitrogens is 3. The zero-order valence-electron chi connectivity index (χ0n) is 16.4. The van der Waals surface area contributed by atoms with Gasteiger partial charge in [0.05, 0.1) is 11.6 Å². The molecule has 0 saturated carbocycles. The van der Waals surface area contributed by atoms with Crippen molar-refractivity contribution in [1.82, 2.24) is 19.9 Å². The van der Waals surface area contributed by atoms with Crippen molar-refractivity contribution in [1.29, 1.82) is 0 Å². The molecule has 1 N–H and O–H groups in total. The van der Waals surface area contributed by atoms with E-state index in [0.29, 0.717) is 23.8 Å². The van der Waals surface area contributed by atoms with Crippen LogP contribution in [0.4, 0.5) is 19.0 Å². The summed E-state index contributed by atoms with van der Waals surface area (Å²) in [6.07, 6.45) is -1.01. The van der Waals surface area contributed by atoms with Crippen molar-refractivity contribution in [2.45, 2.75) is 19.1 Å². The van der Waals surface area contributed by atoms with Crippen LogP contribution in [0.1, 0.15) is 22.9 Å². The zero-order valence-corrected chi connectivity index (χ0v) is 16.4. The third-order valence-electron chi connectivity index (χ3n) is 4.47. The van der Waals surface area contributed by atoms with Crippen LogP contribution >= 0.6 is 0 Å². The number of likely N-dealkylation sites (N-methyl/N-ethyl adjacent to an activating group) is 1. The van der Waals surface area contributed by atoms with Crippen LogP contribution in [0.25, 0.3) is 11.4 Å². The van der Waals surface area contributed by atoms with E-state index in [1.807, 2.05) is 38.1 Å². The molecule has 0 amide bonds. The third kappa shape index (κ3) is 5.29. The van der Waals surface area contributed by atoms with Gasteiger partial charge in [-0.2, -0.15) is 13.2 Å². The lowest BCUT2D eigenvalue weighted by atomic mass is 10.0. The predicted octanol–water partition coefficient (Wildman–Crippen LogP) is 4.58. The molecular weight excluding hydrogens is 379 g/mol. The molecule has 0 saturated heterocycles. The number of aryl methyl sites for hydroxylation is 1. The third-order valence-corrected chi connectivity index (χ3v) is 4.47. The van der Waals surface area contributed by atoms with E-state index in [4.69, 9.17) is 0 Å². The number of nitrogens with one attached hydrogen (secondary N) is 1. The molecule has 29 heavy (non-hydrogen) atoms. The Bertz CT molecular complexity index is 958. The first-order chi connectivity index (χ1) is 13.7. The number of halogens is 3. The van der Waals surface area contributed by atoms with E-state index in [1.165, 1.54) is 12.1 Å². The molecule has 1 unspecified atom stereocenters. The van der Waals surface area contributed by atoms with E-state index in [1.54, 1.807) is 24.5 Å². The second-order valence-electron chi connectivity index (χ2n) is 6.94. The molecule has 0 aliphatic rings. The summed E-state index contributed by atoms with van der Waals surface area (Å²) in [5.74, 6) is 1.15. The highest BCUT2D eigenvalue weighted by molar-refractivity contribution is 5.56. The monoisotopic (exact) mass is 401 g/mol. The number of hydrogen-bond donors (Lipinski definition) is 1. The molecule has 5 nitrogen and oxygen atoms in total. The first kappa shape index (κ1) is 20.7. The molecule has 0 aliphatic carbocycles. The van der Waals surface area contributed by atoms with Gasteiger partial charge in [-0.25, -0.2) is 9.97 Å². The van der Waals surface area contributed by atoms with Gasteiger partial charge < -0.3 is 10.2 Å². The van der Waals surface area contributed by atoms with Crippen LogP contribution in [-0.4, -0.2) is 40.5 Å². The maximum absolute atomic E-state index is 13.1. The smallest absolute Gasteiger partial charge is 0.368 e. The number of hydrogen-bond acceptors (Lipinski definition) is 5. The van der Waals surface area contributed by atoms with Crippen LogP contribution in [-0.2, 0) is 6.18 Å². The van der Waals surface area contributed by atoms with E-state index in [2.05, 4.69) is 20.3 Å². The average Bonchev–Trinajstić information content (AvgIpc) is 2.68. The highest BCUT2D eigenvalue weighted by Gasteiger charge is 2.31. The quantitative estimate of drug-likeness (QED) is 0.655. The highest BCUT2D eigenvalue weighted by atomic mass is 19.4. The molecule has 0 bridgehead atoms. The molecule has 0 aliphatic heterocycles. The predicted molar refractivity (Wildman–Crippen MR) is 106 cm³/mol. The lowest BCUT2D eigenvalue weighted by Gasteiger charge is -2.26. The maximum Gasteiger partial charge on any atom is 0.416 e. The van der Waals surface area contributed by atoms with Gasteiger partial charge >= 0.3 is 6.18 Å². The van der Waals surface area contributed by atoms with E-state index in [9.17, 15) is 13.2 Å². The van der Waals surface area contributed by atoms with Crippen LogP contribution in [0, 0.1) is 6.92 Å². The van der Waals surface area contributed by atoms with Crippen molar-refractivity contribution in [2.24, 2.45) is 0 Å². The lowest BCUT2D eigenvalue weighted by molar-refractivity contribution is -0.137. The Morgan fingerprint density at radius 3 is 2.52 bits per heavy atom. The second kappa shape index (κ2) is 8.57. The molecule has 1 atom stereocenters. The fourth-order valence-electron chi connectivity index (χ4n) is 3.01. The number of nitrogens with zero attached hydrogens (tertiary/aromatic N) is 4. The Morgan fingerprint density at radius 2 is 1.86 bits per heavy atom. The normalized spacial score (nSPS) is 12.8. The van der Waals surface area contributed by atoms with E-state index >= 15 is 0 Å². The van der Waals surface area contributed by atoms with Gasteiger partial charge in [-0.15, -0.1) is 0 Å². The zero-order chi connectivity index (χ0) is 21.0. The Kier molecular flexibility index (Phi) is 6.12. The van der Waals surface area contributed by atoms with Crippen LogP contribution in [0.5, 0.6) is 0 Å². The molecule has 1 aromatic carbocycles. The summed E-state index contributed by atoms with van der Waals surface area (Å²) < 4.78 is 39.2. The summed E-state index contributed by atoms with van der Waals surface area (Å²) in [7, 11) is 3.66. The Hall–Kier alpha value is -3.00. The summed E-state index contributed by atoms with van der Waals surface area (Å²) in [5, 5.41) is 3.24. The summed E-state index contributed by atoms with van der Waals surface area (Å²) in [4.78, 5) is 14.9. The minimum atomic E-state index is -4.37. The van der Waals surface area contributed by atoms with Gasteiger partial charge in [0.15, 0.2) is 5.82 Å². The molecule has 2 heterocycles. The fraction of sp³-hybridized carbons (Fsp3) is 0.286. The van der Waals surface area contributed by atoms with Crippen LogP contribution in [0.15, 0.2) is 54.9 Å². The van der Waals surface area contributed by atoms with E-state index in [-0.39, 0.29) is 6.04 Å². The minimum Gasteiger partial charge on any atom is -0.368 e. The molecule has 3 rings (SSSR count). The van der Waals surface area contributed by atoms with Gasteiger partial charge in [-0.1, -0.05) is 12.1 Å². The van der Waals surface area contributed by atoms with Crippen molar-refractivity contribution in [2.75, 3.05) is 26.0 Å². The highest BCUT2D eigenvalue weighted by Crippen LogP contribution is 2.31. The first-order valence-corrected chi connectivity index (χ1v) is 9.07. The van der Waals surface area contributed by atoms with Crippen molar-refractivity contribution in [3.8, 4) is 11.4 Å². The van der Waals surface area contributed by atoms with E-state index < -0.39 is 11.7 Å². The number of rotatable bonds is 6. The van der Waals surface area contributed by atoms with Crippen molar-refractivity contribution in [3.05, 3.63) is 71.7 Å². The number of anilines is 1. The average molecular weight is 401 g/mol. The van der Waals surface area contributed by atoms with Crippen molar-refractivity contribution in [3.63, 3.8) is 0 Å². The molecule has 152 valence electrons. The summed E-state index contributed by atoms with van der Waals surface area (Å²) in [6, 6.07) is 10.6. The molecule has 2 aromatic heterocycles. The second-order valence-corrected chi connectivity index (χ2v) is 6.94. The summed E-state index contributed by atoms with van der Waals surface area (Å²) in [6.45, 7) is 2.25. The SMILES string of the molecule is Cc1cc(NCC(c2cccc(C(F)(F)F)c2)N(C)C)nc(-c2cccnc2)n1. The lowest BCUT2D eigenvalue weighted by Crippen LogP contribution is -2.27. The molecule has 0 fully saturated rings. The van der Waals surface area contributed by atoms with Gasteiger partial charge in [-0.05, 0) is 50.8 Å². The van der Waals surface area contributed by atoms with Crippen molar-refractivity contribution < 1.29 is 13.2 Å². The Balaban J connectivity index is 1.82. The molecule has 0 spiro atoms.